The Morgan fingerprint density at radius 1 is 1.40 bits per heavy atom. The van der Waals surface area contributed by atoms with Crippen LogP contribution in [0, 0.1) is 0 Å². The number of nitrogens with zero attached hydrogens (tertiary/aromatic N) is 1. The van der Waals surface area contributed by atoms with Crippen molar-refractivity contribution in [3.05, 3.63) is 41.7 Å². The lowest BCUT2D eigenvalue weighted by molar-refractivity contribution is -0.0440. The van der Waals surface area contributed by atoms with Crippen LogP contribution in [-0.4, -0.2) is 29.3 Å². The zero-order chi connectivity index (χ0) is 13.9. The third-order valence-electron chi connectivity index (χ3n) is 2.93. The first kappa shape index (κ1) is 12.6. The van der Waals surface area contributed by atoms with Crippen LogP contribution < -0.4 is 11.1 Å². The van der Waals surface area contributed by atoms with Gasteiger partial charge in [-0.1, -0.05) is 12.1 Å². The fraction of sp³-hybridized carbons (Fsp3) is 0.231. The molecule has 7 nitrogen and oxygen atoms in total. The Balaban J connectivity index is 1.76. The van der Waals surface area contributed by atoms with E-state index in [1.165, 1.54) is 6.20 Å². The molecule has 0 atom stereocenters. The summed E-state index contributed by atoms with van der Waals surface area (Å²) in [4.78, 5) is 12.0. The highest BCUT2D eigenvalue weighted by molar-refractivity contribution is 6.06. The number of aromatic nitrogens is 2. The number of carbonyl (C=O) groups excluding carboxylic acids is 1. The molecule has 1 aromatic carbocycles. The minimum absolute atomic E-state index is 0.240. The predicted octanol–water partition coefficient (Wildman–Crippen LogP) is 1.29. The second kappa shape index (κ2) is 5.32. The number of carbonyl (C=O) groups is 1. The van der Waals surface area contributed by atoms with Crippen molar-refractivity contribution in [1.82, 2.24) is 10.2 Å². The summed E-state index contributed by atoms with van der Waals surface area (Å²) in [5.41, 5.74) is 7.67. The van der Waals surface area contributed by atoms with Gasteiger partial charge in [-0.2, -0.15) is 5.10 Å². The molecule has 7 heteroatoms. The van der Waals surface area contributed by atoms with Gasteiger partial charge in [0.1, 0.15) is 5.69 Å². The van der Waals surface area contributed by atoms with Crippen molar-refractivity contribution in [3.8, 4) is 0 Å². The van der Waals surface area contributed by atoms with Gasteiger partial charge in [0.05, 0.1) is 25.1 Å². The van der Waals surface area contributed by atoms with Crippen LogP contribution >= 0.6 is 0 Å². The zero-order valence-corrected chi connectivity index (χ0v) is 10.6. The normalized spacial score (nSPS) is 15.4. The third-order valence-corrected chi connectivity index (χ3v) is 2.93. The number of ether oxygens (including phenoxy) is 2. The molecule has 0 bridgehead atoms. The molecule has 20 heavy (non-hydrogen) atoms. The van der Waals surface area contributed by atoms with Gasteiger partial charge in [0.25, 0.3) is 5.91 Å². The quantitative estimate of drug-likeness (QED) is 0.782. The van der Waals surface area contributed by atoms with Crippen molar-refractivity contribution in [3.63, 3.8) is 0 Å². The van der Waals surface area contributed by atoms with E-state index < -0.39 is 0 Å². The standard InChI is InChI=1S/C13H14N4O3/c14-10-7-15-17-11(10)12(18)16-9-3-1-2-8(6-9)13-19-4-5-20-13/h1-3,6-7,13H,4-5,14H2,(H,15,17)(H,16,18). The Morgan fingerprint density at radius 3 is 2.90 bits per heavy atom. The molecule has 1 aliphatic heterocycles. The van der Waals surface area contributed by atoms with Crippen molar-refractivity contribution in [2.75, 3.05) is 24.3 Å². The smallest absolute Gasteiger partial charge is 0.275 e. The summed E-state index contributed by atoms with van der Waals surface area (Å²) >= 11 is 0. The minimum Gasteiger partial charge on any atom is -0.396 e. The van der Waals surface area contributed by atoms with Crippen molar-refractivity contribution in [1.29, 1.82) is 0 Å². The van der Waals surface area contributed by atoms with Crippen molar-refractivity contribution >= 4 is 17.3 Å². The molecule has 4 N–H and O–H groups in total. The van der Waals surface area contributed by atoms with Gasteiger partial charge in [-0.15, -0.1) is 0 Å². The highest BCUT2D eigenvalue weighted by Gasteiger charge is 2.19. The van der Waals surface area contributed by atoms with Crippen molar-refractivity contribution < 1.29 is 14.3 Å². The van der Waals surface area contributed by atoms with Crippen LogP contribution in [0.15, 0.2) is 30.5 Å². The van der Waals surface area contributed by atoms with E-state index >= 15 is 0 Å². The molecule has 2 aromatic rings. The lowest BCUT2D eigenvalue weighted by Gasteiger charge is -2.11. The lowest BCUT2D eigenvalue weighted by Crippen LogP contribution is -2.14. The van der Waals surface area contributed by atoms with Crippen LogP contribution in [0.2, 0.25) is 0 Å². The summed E-state index contributed by atoms with van der Waals surface area (Å²) in [6.07, 6.45) is 1.02. The zero-order valence-electron chi connectivity index (χ0n) is 10.6. The number of nitrogens with two attached hydrogens (primary N) is 1. The van der Waals surface area contributed by atoms with Gasteiger partial charge in [0.2, 0.25) is 0 Å². The number of nitrogen functional groups attached to an aromatic ring is 1. The van der Waals surface area contributed by atoms with E-state index in [0.29, 0.717) is 24.6 Å². The fourth-order valence-corrected chi connectivity index (χ4v) is 1.98. The minimum atomic E-state index is -0.371. The molecular weight excluding hydrogens is 260 g/mol. The summed E-state index contributed by atoms with van der Waals surface area (Å²) in [6, 6.07) is 7.30. The number of hydrogen-bond acceptors (Lipinski definition) is 5. The van der Waals surface area contributed by atoms with Gasteiger partial charge in [0.15, 0.2) is 6.29 Å². The Labute approximate surface area is 115 Å². The van der Waals surface area contributed by atoms with Gasteiger partial charge in [-0.25, -0.2) is 0 Å². The third kappa shape index (κ3) is 2.49. The molecule has 1 aromatic heterocycles. The Bertz CT molecular complexity index is 620. The second-order valence-corrected chi connectivity index (χ2v) is 4.35. The van der Waals surface area contributed by atoms with Crippen LogP contribution in [0.5, 0.6) is 0 Å². The molecular formula is C13H14N4O3. The van der Waals surface area contributed by atoms with Gasteiger partial charge < -0.3 is 20.5 Å². The van der Waals surface area contributed by atoms with E-state index in [1.54, 1.807) is 12.1 Å². The van der Waals surface area contributed by atoms with E-state index in [1.807, 2.05) is 12.1 Å². The van der Waals surface area contributed by atoms with Gasteiger partial charge in [-0.05, 0) is 12.1 Å². The maximum Gasteiger partial charge on any atom is 0.275 e. The van der Waals surface area contributed by atoms with E-state index in [9.17, 15) is 4.79 Å². The number of aromatic amines is 1. The van der Waals surface area contributed by atoms with E-state index in [-0.39, 0.29) is 17.9 Å². The molecule has 1 aliphatic rings. The Kier molecular flexibility index (Phi) is 3.36. The van der Waals surface area contributed by atoms with Crippen LogP contribution in [0.4, 0.5) is 11.4 Å². The number of benzene rings is 1. The molecule has 2 heterocycles. The molecule has 104 valence electrons. The Hall–Kier alpha value is -2.38. The summed E-state index contributed by atoms with van der Waals surface area (Å²) in [5.74, 6) is -0.342. The number of H-pyrrole nitrogens is 1. The molecule has 1 amide bonds. The predicted molar refractivity (Wildman–Crippen MR) is 72.0 cm³/mol. The fourth-order valence-electron chi connectivity index (χ4n) is 1.98. The number of amides is 1. The number of hydrogen-bond donors (Lipinski definition) is 3. The molecule has 0 saturated carbocycles. The van der Waals surface area contributed by atoms with E-state index in [4.69, 9.17) is 15.2 Å². The second-order valence-electron chi connectivity index (χ2n) is 4.35. The first-order valence-electron chi connectivity index (χ1n) is 6.17. The van der Waals surface area contributed by atoms with Crippen LogP contribution in [0.25, 0.3) is 0 Å². The average molecular weight is 274 g/mol. The monoisotopic (exact) mass is 274 g/mol. The van der Waals surface area contributed by atoms with Crippen LogP contribution in [0.1, 0.15) is 22.3 Å². The summed E-state index contributed by atoms with van der Waals surface area (Å²) in [7, 11) is 0. The van der Waals surface area contributed by atoms with E-state index in [2.05, 4.69) is 15.5 Å². The summed E-state index contributed by atoms with van der Waals surface area (Å²) < 4.78 is 10.8. The first-order valence-corrected chi connectivity index (χ1v) is 6.17. The maximum absolute atomic E-state index is 12.0. The maximum atomic E-state index is 12.0. The van der Waals surface area contributed by atoms with Crippen molar-refractivity contribution in [2.45, 2.75) is 6.29 Å². The average Bonchev–Trinajstić information content (AvgIpc) is 3.09. The van der Waals surface area contributed by atoms with Crippen LogP contribution in [-0.2, 0) is 9.47 Å². The van der Waals surface area contributed by atoms with Gasteiger partial charge in [-0.3, -0.25) is 9.89 Å². The highest BCUT2D eigenvalue weighted by atomic mass is 16.7. The number of anilines is 2. The number of rotatable bonds is 3. The molecule has 1 fully saturated rings. The number of nitrogens with one attached hydrogen (secondary N) is 2. The topological polar surface area (TPSA) is 102 Å². The molecule has 0 unspecified atom stereocenters. The molecule has 0 radical (unpaired) electrons. The first-order chi connectivity index (χ1) is 9.74. The summed E-state index contributed by atoms with van der Waals surface area (Å²) in [6.45, 7) is 1.15. The van der Waals surface area contributed by atoms with Gasteiger partial charge in [0, 0.05) is 11.3 Å². The lowest BCUT2D eigenvalue weighted by atomic mass is 10.2. The Morgan fingerprint density at radius 2 is 2.20 bits per heavy atom. The molecule has 1 saturated heterocycles. The van der Waals surface area contributed by atoms with Crippen LogP contribution in [0.3, 0.4) is 0 Å². The molecule has 3 rings (SSSR count). The summed E-state index contributed by atoms with van der Waals surface area (Å²) in [5, 5.41) is 9.02. The van der Waals surface area contributed by atoms with Gasteiger partial charge >= 0.3 is 0 Å². The molecule has 0 aliphatic carbocycles. The largest absolute Gasteiger partial charge is 0.396 e. The molecule has 0 spiro atoms. The SMILES string of the molecule is Nc1cn[nH]c1C(=O)Nc1cccc(C2OCCO2)c1. The van der Waals surface area contributed by atoms with E-state index in [0.717, 1.165) is 5.56 Å². The highest BCUT2D eigenvalue weighted by Crippen LogP contribution is 2.25. The van der Waals surface area contributed by atoms with Crippen molar-refractivity contribution in [2.24, 2.45) is 0 Å².